The van der Waals surface area contributed by atoms with Gasteiger partial charge in [0.15, 0.2) is 15.5 Å². The predicted octanol–water partition coefficient (Wildman–Crippen LogP) is 6.56. The van der Waals surface area contributed by atoms with Crippen molar-refractivity contribution in [3.63, 3.8) is 0 Å². The number of benzene rings is 2. The minimum absolute atomic E-state index is 0.0266. The second kappa shape index (κ2) is 9.43. The van der Waals surface area contributed by atoms with E-state index in [1.54, 1.807) is 30.3 Å². The number of alkyl halides is 3. The van der Waals surface area contributed by atoms with Crippen molar-refractivity contribution in [2.45, 2.75) is 30.5 Å². The Kier molecular flexibility index (Phi) is 6.91. The fraction of sp³-hybridized carbons (Fsp3) is 0.200. The summed E-state index contributed by atoms with van der Waals surface area (Å²) in [5.41, 5.74) is -1.82. The summed E-state index contributed by atoms with van der Waals surface area (Å²) in [6.07, 6.45) is -2.68. The Labute approximate surface area is 221 Å². The smallest absolute Gasteiger partial charge is 0.384 e. The first-order valence-corrected chi connectivity index (χ1v) is 13.4. The van der Waals surface area contributed by atoms with Crippen molar-refractivity contribution < 1.29 is 26.7 Å². The average molecular weight is 570 g/mol. The van der Waals surface area contributed by atoms with Crippen LogP contribution in [0.2, 0.25) is 10.0 Å². The van der Waals surface area contributed by atoms with E-state index in [1.807, 2.05) is 0 Å². The van der Waals surface area contributed by atoms with Gasteiger partial charge >= 0.3 is 6.18 Å². The molecule has 1 N–H and O–H groups in total. The maximum absolute atomic E-state index is 13.8. The van der Waals surface area contributed by atoms with Crippen LogP contribution in [0.4, 0.5) is 13.2 Å². The third kappa shape index (κ3) is 5.38. The van der Waals surface area contributed by atoms with Crippen LogP contribution in [0.15, 0.2) is 65.7 Å². The molecule has 0 spiro atoms. The van der Waals surface area contributed by atoms with Crippen molar-refractivity contribution in [3.05, 3.63) is 82.2 Å². The summed E-state index contributed by atoms with van der Waals surface area (Å²) in [5.74, 6) is 0. The van der Waals surface area contributed by atoms with Gasteiger partial charge in [-0.15, -0.1) is 0 Å². The second-order valence-corrected chi connectivity index (χ2v) is 11.6. The van der Waals surface area contributed by atoms with E-state index in [9.17, 15) is 26.7 Å². The lowest BCUT2D eigenvalue weighted by Crippen LogP contribution is -2.18. The molecule has 2 aromatic heterocycles. The zero-order valence-electron chi connectivity index (χ0n) is 19.7. The molecule has 0 atom stereocenters. The summed E-state index contributed by atoms with van der Waals surface area (Å²) in [7, 11) is -3.45. The van der Waals surface area contributed by atoms with Crippen LogP contribution in [-0.4, -0.2) is 34.5 Å². The van der Waals surface area contributed by atoms with Crippen molar-refractivity contribution in [3.8, 4) is 28.1 Å². The van der Waals surface area contributed by atoms with Crippen LogP contribution in [0.25, 0.3) is 28.1 Å². The Balaban J connectivity index is 1.95. The molecule has 37 heavy (non-hydrogen) atoms. The SMILES string of the molecule is CC(C)(O)c1nn(-c2cccnc2C(F)(F)F)c(-c2ccc(-c3cccc(S(C)(=O)=O)c3)cc2Cl)c1Cl. The van der Waals surface area contributed by atoms with Gasteiger partial charge < -0.3 is 5.11 Å². The molecule has 6 nitrogen and oxygen atoms in total. The fourth-order valence-electron chi connectivity index (χ4n) is 3.78. The first kappa shape index (κ1) is 27.1. The van der Waals surface area contributed by atoms with Crippen LogP contribution in [0.5, 0.6) is 0 Å². The molecule has 0 unspecified atom stereocenters. The van der Waals surface area contributed by atoms with Crippen LogP contribution in [0.3, 0.4) is 0 Å². The van der Waals surface area contributed by atoms with Crippen molar-refractivity contribution >= 4 is 33.0 Å². The predicted molar refractivity (Wildman–Crippen MR) is 136 cm³/mol. The lowest BCUT2D eigenvalue weighted by atomic mass is 10.0. The molecule has 0 aliphatic heterocycles. The Morgan fingerprint density at radius 2 is 1.62 bits per heavy atom. The number of nitrogens with zero attached hydrogens (tertiary/aromatic N) is 3. The lowest BCUT2D eigenvalue weighted by Gasteiger charge is -2.15. The second-order valence-electron chi connectivity index (χ2n) is 8.85. The largest absolute Gasteiger partial charge is 0.435 e. The highest BCUT2D eigenvalue weighted by molar-refractivity contribution is 7.90. The van der Waals surface area contributed by atoms with Gasteiger partial charge in [-0.1, -0.05) is 47.5 Å². The molecular formula is C25H20Cl2F3N3O3S. The normalized spacial score (nSPS) is 12.7. The van der Waals surface area contributed by atoms with E-state index in [4.69, 9.17) is 23.2 Å². The van der Waals surface area contributed by atoms with E-state index >= 15 is 0 Å². The van der Waals surface area contributed by atoms with Crippen molar-refractivity contribution in [1.82, 2.24) is 14.8 Å². The molecule has 4 aromatic rings. The molecule has 0 saturated carbocycles. The van der Waals surface area contributed by atoms with Gasteiger partial charge in [-0.3, -0.25) is 0 Å². The van der Waals surface area contributed by atoms with Crippen molar-refractivity contribution in [2.24, 2.45) is 0 Å². The summed E-state index contributed by atoms with van der Waals surface area (Å²) in [5, 5.41) is 14.9. The zero-order valence-corrected chi connectivity index (χ0v) is 22.0. The Morgan fingerprint density at radius 1 is 0.946 bits per heavy atom. The number of aliphatic hydroxyl groups is 1. The average Bonchev–Trinajstić information content (AvgIpc) is 3.15. The summed E-state index contributed by atoms with van der Waals surface area (Å²) in [6.45, 7) is 2.81. The van der Waals surface area contributed by atoms with Gasteiger partial charge in [0.05, 0.1) is 26.3 Å². The highest BCUT2D eigenvalue weighted by atomic mass is 35.5. The van der Waals surface area contributed by atoms with Gasteiger partial charge in [-0.25, -0.2) is 18.1 Å². The molecule has 0 amide bonds. The van der Waals surface area contributed by atoms with Gasteiger partial charge in [0, 0.05) is 18.0 Å². The number of pyridine rings is 1. The molecule has 2 aromatic carbocycles. The molecule has 0 radical (unpaired) electrons. The minimum Gasteiger partial charge on any atom is -0.384 e. The van der Waals surface area contributed by atoms with Crippen LogP contribution >= 0.6 is 23.2 Å². The van der Waals surface area contributed by atoms with Crippen LogP contribution < -0.4 is 0 Å². The first-order valence-electron chi connectivity index (χ1n) is 10.7. The number of aromatic nitrogens is 3. The van der Waals surface area contributed by atoms with E-state index in [-0.39, 0.29) is 31.9 Å². The van der Waals surface area contributed by atoms with Crippen molar-refractivity contribution in [2.75, 3.05) is 6.26 Å². The molecule has 0 saturated heterocycles. The molecule has 2 heterocycles. The van der Waals surface area contributed by atoms with Gasteiger partial charge in [0.2, 0.25) is 0 Å². The third-order valence-corrected chi connectivity index (χ3v) is 7.29. The maximum Gasteiger partial charge on any atom is 0.435 e. The number of hydrogen-bond donors (Lipinski definition) is 1. The zero-order chi connectivity index (χ0) is 27.3. The van der Waals surface area contributed by atoms with Gasteiger partial charge in [0.25, 0.3) is 0 Å². The van der Waals surface area contributed by atoms with Gasteiger partial charge in [-0.05, 0) is 55.3 Å². The Bertz CT molecular complexity index is 1610. The van der Waals surface area contributed by atoms with Crippen molar-refractivity contribution in [1.29, 1.82) is 0 Å². The minimum atomic E-state index is -4.79. The molecule has 0 fully saturated rings. The summed E-state index contributed by atoms with van der Waals surface area (Å²) in [6, 6.07) is 13.5. The quantitative estimate of drug-likeness (QED) is 0.294. The molecule has 194 valence electrons. The number of rotatable bonds is 5. The van der Waals surface area contributed by atoms with Crippen LogP contribution in [0, 0.1) is 0 Å². The molecule has 0 aliphatic rings. The highest BCUT2D eigenvalue weighted by Gasteiger charge is 2.38. The van der Waals surface area contributed by atoms with E-state index in [1.165, 1.54) is 38.1 Å². The van der Waals surface area contributed by atoms with E-state index in [0.717, 1.165) is 17.1 Å². The summed E-state index contributed by atoms with van der Waals surface area (Å²) in [4.78, 5) is 3.62. The molecule has 4 rings (SSSR count). The lowest BCUT2D eigenvalue weighted by molar-refractivity contribution is -0.141. The summed E-state index contributed by atoms with van der Waals surface area (Å²) < 4.78 is 66.3. The Morgan fingerprint density at radius 3 is 2.22 bits per heavy atom. The first-order chi connectivity index (χ1) is 17.1. The number of sulfone groups is 1. The third-order valence-electron chi connectivity index (χ3n) is 5.51. The molecule has 12 heteroatoms. The van der Waals surface area contributed by atoms with Crippen LogP contribution in [-0.2, 0) is 21.6 Å². The standard InChI is InChI=1S/C25H20Cl2F3N3O3S/c1-24(2,34)23-20(27)21(33(32-23)19-8-5-11-31-22(19)25(28,29)30)17-10-9-15(13-18(17)26)14-6-4-7-16(12-14)37(3,35)36/h4-13,34H,1-3H3. The Hall–Kier alpha value is -2.92. The van der Waals surface area contributed by atoms with Gasteiger partial charge in [-0.2, -0.15) is 18.3 Å². The fourth-order valence-corrected chi connectivity index (χ4v) is 5.16. The summed E-state index contributed by atoms with van der Waals surface area (Å²) >= 11 is 13.2. The number of halogens is 5. The van der Waals surface area contributed by atoms with E-state index < -0.39 is 33.0 Å². The van der Waals surface area contributed by atoms with Crippen LogP contribution in [0.1, 0.15) is 25.2 Å². The van der Waals surface area contributed by atoms with E-state index in [0.29, 0.717) is 11.1 Å². The topological polar surface area (TPSA) is 85.1 Å². The van der Waals surface area contributed by atoms with E-state index in [2.05, 4.69) is 10.1 Å². The highest BCUT2D eigenvalue weighted by Crippen LogP contribution is 2.43. The maximum atomic E-state index is 13.8. The molecule has 0 bridgehead atoms. The van der Waals surface area contributed by atoms with Gasteiger partial charge in [0.1, 0.15) is 11.3 Å². The number of hydrogen-bond acceptors (Lipinski definition) is 5. The monoisotopic (exact) mass is 569 g/mol. The molecule has 0 aliphatic carbocycles. The molecular weight excluding hydrogens is 550 g/mol.